The summed E-state index contributed by atoms with van der Waals surface area (Å²) in [6.07, 6.45) is 2.97. The van der Waals surface area contributed by atoms with Gasteiger partial charge in [0.25, 0.3) is 0 Å². The van der Waals surface area contributed by atoms with Gasteiger partial charge in [0, 0.05) is 5.92 Å². The average Bonchev–Trinajstić information content (AvgIpc) is 2.68. The summed E-state index contributed by atoms with van der Waals surface area (Å²) in [4.78, 5) is 11.2. The molecule has 1 fully saturated rings. The van der Waals surface area contributed by atoms with E-state index in [1.807, 2.05) is 12.1 Å². The molecule has 0 aromatic heterocycles. The molecule has 1 aliphatic rings. The molecule has 1 nitrogen and oxygen atoms in total. The van der Waals surface area contributed by atoms with Crippen LogP contribution in [-0.2, 0) is 4.79 Å². The van der Waals surface area contributed by atoms with E-state index < -0.39 is 0 Å². The fourth-order valence-electron chi connectivity index (χ4n) is 2.39. The van der Waals surface area contributed by atoms with Crippen molar-refractivity contribution in [2.24, 2.45) is 5.92 Å². The topological polar surface area (TPSA) is 17.1 Å². The summed E-state index contributed by atoms with van der Waals surface area (Å²) in [7, 11) is 0. The lowest BCUT2D eigenvalue weighted by atomic mass is 9.95. The van der Waals surface area contributed by atoms with E-state index >= 15 is 0 Å². The lowest BCUT2D eigenvalue weighted by Crippen LogP contribution is -2.05. The molecule has 0 aliphatic heterocycles. The Morgan fingerprint density at radius 1 is 1.27 bits per heavy atom. The van der Waals surface area contributed by atoms with Crippen molar-refractivity contribution in [2.45, 2.75) is 32.1 Å². The van der Waals surface area contributed by atoms with Crippen molar-refractivity contribution in [1.29, 1.82) is 0 Å². The minimum atomic E-state index is -0.195. The van der Waals surface area contributed by atoms with Gasteiger partial charge in [0.2, 0.25) is 0 Å². The zero-order valence-corrected chi connectivity index (χ0v) is 8.87. The van der Waals surface area contributed by atoms with Gasteiger partial charge in [-0.2, -0.15) is 0 Å². The zero-order chi connectivity index (χ0) is 10.8. The second kappa shape index (κ2) is 4.13. The molecule has 0 N–H and O–H groups in total. The molecule has 2 rings (SSSR count). The maximum atomic E-state index is 12.7. The van der Waals surface area contributed by atoms with Crippen LogP contribution < -0.4 is 0 Å². The van der Waals surface area contributed by atoms with Gasteiger partial charge in [-0.1, -0.05) is 12.1 Å². The zero-order valence-electron chi connectivity index (χ0n) is 8.87. The van der Waals surface area contributed by atoms with Gasteiger partial charge in [0.15, 0.2) is 0 Å². The highest BCUT2D eigenvalue weighted by Crippen LogP contribution is 2.38. The Balaban J connectivity index is 2.07. The Kier molecular flexibility index (Phi) is 2.85. The molecule has 80 valence electrons. The molecule has 1 saturated carbocycles. The fraction of sp³-hybridized carbons (Fsp3) is 0.462. The number of benzene rings is 1. The molecular weight excluding hydrogens is 191 g/mol. The Morgan fingerprint density at radius 2 is 1.93 bits per heavy atom. The molecule has 0 saturated heterocycles. The summed E-state index contributed by atoms with van der Waals surface area (Å²) in [5.41, 5.74) is 1.17. The number of hydrogen-bond acceptors (Lipinski definition) is 1. The summed E-state index contributed by atoms with van der Waals surface area (Å²) in [6, 6.07) is 6.66. The van der Waals surface area contributed by atoms with Crippen molar-refractivity contribution in [3.63, 3.8) is 0 Å². The van der Waals surface area contributed by atoms with Crippen molar-refractivity contribution in [3.8, 4) is 0 Å². The molecule has 0 radical (unpaired) electrons. The summed E-state index contributed by atoms with van der Waals surface area (Å²) in [5.74, 6) is 0.763. The number of Topliss-reactive ketones (excluding diaryl/α,β-unsaturated/α-hetero) is 1. The highest BCUT2D eigenvalue weighted by Gasteiger charge is 2.28. The van der Waals surface area contributed by atoms with Gasteiger partial charge in [-0.25, -0.2) is 4.39 Å². The number of hydrogen-bond donors (Lipinski definition) is 0. The van der Waals surface area contributed by atoms with E-state index in [0.717, 1.165) is 19.3 Å². The van der Waals surface area contributed by atoms with Crippen molar-refractivity contribution in [2.75, 3.05) is 0 Å². The second-order valence-electron chi connectivity index (χ2n) is 4.37. The van der Waals surface area contributed by atoms with Crippen LogP contribution in [0.1, 0.15) is 37.7 Å². The number of ketones is 1. The first kappa shape index (κ1) is 10.3. The van der Waals surface area contributed by atoms with Crippen molar-refractivity contribution in [3.05, 3.63) is 35.6 Å². The minimum absolute atomic E-state index is 0.195. The minimum Gasteiger partial charge on any atom is -0.300 e. The van der Waals surface area contributed by atoms with Gasteiger partial charge in [0.1, 0.15) is 11.6 Å². The highest BCUT2D eigenvalue weighted by molar-refractivity contribution is 5.78. The quantitative estimate of drug-likeness (QED) is 0.725. The van der Waals surface area contributed by atoms with Crippen LogP contribution in [0.5, 0.6) is 0 Å². The molecule has 2 heteroatoms. The predicted octanol–water partition coefficient (Wildman–Crippen LogP) is 3.30. The average molecular weight is 206 g/mol. The number of rotatable bonds is 2. The Bertz CT molecular complexity index is 355. The van der Waals surface area contributed by atoms with Crippen LogP contribution in [0.3, 0.4) is 0 Å². The third-order valence-electron chi connectivity index (χ3n) is 3.35. The molecule has 2 unspecified atom stereocenters. The van der Waals surface area contributed by atoms with Crippen LogP contribution >= 0.6 is 0 Å². The van der Waals surface area contributed by atoms with E-state index in [2.05, 4.69) is 0 Å². The highest BCUT2D eigenvalue weighted by atomic mass is 19.1. The first-order valence-electron chi connectivity index (χ1n) is 5.42. The number of carbonyl (C=O) groups excluding carboxylic acids is 1. The Labute approximate surface area is 89.3 Å². The van der Waals surface area contributed by atoms with Crippen LogP contribution in [0, 0.1) is 11.7 Å². The van der Waals surface area contributed by atoms with Gasteiger partial charge in [-0.3, -0.25) is 4.79 Å². The molecule has 2 atom stereocenters. The largest absolute Gasteiger partial charge is 0.300 e. The maximum absolute atomic E-state index is 12.7. The fourth-order valence-corrected chi connectivity index (χ4v) is 2.39. The van der Waals surface area contributed by atoms with E-state index in [-0.39, 0.29) is 11.7 Å². The van der Waals surface area contributed by atoms with Gasteiger partial charge in [-0.15, -0.1) is 0 Å². The van der Waals surface area contributed by atoms with Crippen LogP contribution in [0.2, 0.25) is 0 Å². The van der Waals surface area contributed by atoms with Gasteiger partial charge >= 0.3 is 0 Å². The lowest BCUT2D eigenvalue weighted by molar-refractivity contribution is -0.120. The van der Waals surface area contributed by atoms with Gasteiger partial charge < -0.3 is 0 Å². The van der Waals surface area contributed by atoms with Crippen molar-refractivity contribution in [1.82, 2.24) is 0 Å². The van der Waals surface area contributed by atoms with E-state index in [4.69, 9.17) is 0 Å². The first-order valence-corrected chi connectivity index (χ1v) is 5.42. The molecule has 1 aliphatic carbocycles. The smallest absolute Gasteiger partial charge is 0.132 e. The molecular formula is C13H15FO. The van der Waals surface area contributed by atoms with Crippen LogP contribution in [0.4, 0.5) is 4.39 Å². The molecule has 15 heavy (non-hydrogen) atoms. The summed E-state index contributed by atoms with van der Waals surface area (Å²) in [6.45, 7) is 1.66. The van der Waals surface area contributed by atoms with Gasteiger partial charge in [0.05, 0.1) is 0 Å². The standard InChI is InChI=1S/C13H15FO/c1-9(15)11-2-3-12(8-11)10-4-6-13(14)7-5-10/h4-7,11-12H,2-3,8H2,1H3. The molecule has 0 amide bonds. The van der Waals surface area contributed by atoms with E-state index in [1.165, 1.54) is 17.7 Å². The predicted molar refractivity (Wildman–Crippen MR) is 57.2 cm³/mol. The summed E-state index contributed by atoms with van der Waals surface area (Å²) < 4.78 is 12.7. The summed E-state index contributed by atoms with van der Waals surface area (Å²) >= 11 is 0. The molecule has 1 aromatic carbocycles. The van der Waals surface area contributed by atoms with Crippen LogP contribution in [0.25, 0.3) is 0 Å². The molecule has 0 bridgehead atoms. The molecule has 0 spiro atoms. The third kappa shape index (κ3) is 2.25. The number of carbonyl (C=O) groups is 1. The van der Waals surface area contributed by atoms with E-state index in [1.54, 1.807) is 6.92 Å². The van der Waals surface area contributed by atoms with Crippen molar-refractivity contribution >= 4 is 5.78 Å². The molecule has 0 heterocycles. The Hall–Kier alpha value is -1.18. The normalized spacial score (nSPS) is 25.5. The first-order chi connectivity index (χ1) is 7.16. The van der Waals surface area contributed by atoms with E-state index in [0.29, 0.717) is 11.7 Å². The third-order valence-corrected chi connectivity index (χ3v) is 3.35. The monoisotopic (exact) mass is 206 g/mol. The Morgan fingerprint density at radius 3 is 2.47 bits per heavy atom. The van der Waals surface area contributed by atoms with Crippen LogP contribution in [-0.4, -0.2) is 5.78 Å². The van der Waals surface area contributed by atoms with Crippen LogP contribution in [0.15, 0.2) is 24.3 Å². The van der Waals surface area contributed by atoms with E-state index in [9.17, 15) is 9.18 Å². The number of halogens is 1. The second-order valence-corrected chi connectivity index (χ2v) is 4.37. The maximum Gasteiger partial charge on any atom is 0.132 e. The molecule has 1 aromatic rings. The summed E-state index contributed by atoms with van der Waals surface area (Å²) in [5, 5.41) is 0. The lowest BCUT2D eigenvalue weighted by Gasteiger charge is -2.09. The SMILES string of the molecule is CC(=O)C1CCC(c2ccc(F)cc2)C1. The van der Waals surface area contributed by atoms with Gasteiger partial charge in [-0.05, 0) is 49.8 Å². The van der Waals surface area contributed by atoms with Crippen molar-refractivity contribution < 1.29 is 9.18 Å².